The minimum absolute atomic E-state index is 0.134. The molecular weight excluding hydrogens is 383 g/mol. The zero-order valence-electron chi connectivity index (χ0n) is 16.1. The van der Waals surface area contributed by atoms with Gasteiger partial charge in [-0.1, -0.05) is 26.0 Å². The second kappa shape index (κ2) is 9.66. The molecule has 0 unspecified atom stereocenters. The number of carbonyl (C=O) groups is 1. The van der Waals surface area contributed by atoms with Crippen LogP contribution in [0.2, 0.25) is 0 Å². The minimum atomic E-state index is -3.56. The van der Waals surface area contributed by atoms with Crippen LogP contribution in [0.15, 0.2) is 53.4 Å². The van der Waals surface area contributed by atoms with Crippen molar-refractivity contribution >= 4 is 15.9 Å². The fourth-order valence-electron chi connectivity index (χ4n) is 2.34. The number of benzene rings is 2. The minimum Gasteiger partial charge on any atom is -0.484 e. The fourth-order valence-corrected chi connectivity index (χ4v) is 3.56. The molecule has 28 heavy (non-hydrogen) atoms. The number of halogens is 1. The molecule has 0 aliphatic carbocycles. The molecule has 0 heterocycles. The second-order valence-corrected chi connectivity index (χ2v) is 8.61. The standard InChI is InChI=1S/C20H25FN2O4S/c1-14(2)12-22-28(25,26)19-10-8-18(9-11-19)27-13-20(24)23-15(3)16-4-6-17(21)7-5-16/h4-11,14-15,22H,12-13H2,1-3H3,(H,23,24)/t15-/m1/s1. The van der Waals surface area contributed by atoms with Gasteiger partial charge in [-0.2, -0.15) is 0 Å². The molecule has 2 aromatic carbocycles. The van der Waals surface area contributed by atoms with Crippen LogP contribution in [0.1, 0.15) is 32.4 Å². The van der Waals surface area contributed by atoms with E-state index in [2.05, 4.69) is 10.0 Å². The molecule has 0 radical (unpaired) electrons. The summed E-state index contributed by atoms with van der Waals surface area (Å²) in [5.41, 5.74) is 0.776. The average Bonchev–Trinajstić information content (AvgIpc) is 2.65. The zero-order valence-corrected chi connectivity index (χ0v) is 16.9. The topological polar surface area (TPSA) is 84.5 Å². The lowest BCUT2D eigenvalue weighted by molar-refractivity contribution is -0.123. The molecule has 0 aliphatic heterocycles. The lowest BCUT2D eigenvalue weighted by atomic mass is 10.1. The van der Waals surface area contributed by atoms with Crippen LogP contribution in [-0.4, -0.2) is 27.5 Å². The number of hydrogen-bond acceptors (Lipinski definition) is 4. The Morgan fingerprint density at radius 1 is 1.04 bits per heavy atom. The third kappa shape index (κ3) is 6.61. The third-order valence-corrected chi connectivity index (χ3v) is 5.37. The maximum absolute atomic E-state index is 13.0. The summed E-state index contributed by atoms with van der Waals surface area (Å²) >= 11 is 0. The van der Waals surface area contributed by atoms with E-state index < -0.39 is 10.0 Å². The Labute approximate surface area is 165 Å². The van der Waals surface area contributed by atoms with E-state index in [0.717, 1.165) is 5.56 Å². The van der Waals surface area contributed by atoms with Crippen LogP contribution in [0.3, 0.4) is 0 Å². The number of hydrogen-bond donors (Lipinski definition) is 2. The lowest BCUT2D eigenvalue weighted by Gasteiger charge is -2.15. The van der Waals surface area contributed by atoms with Crippen molar-refractivity contribution < 1.29 is 22.3 Å². The predicted octanol–water partition coefficient (Wildman–Crippen LogP) is 3.02. The smallest absolute Gasteiger partial charge is 0.258 e. The molecule has 0 saturated carbocycles. The molecule has 0 spiro atoms. The Balaban J connectivity index is 1.87. The van der Waals surface area contributed by atoms with Gasteiger partial charge in [-0.3, -0.25) is 4.79 Å². The van der Waals surface area contributed by atoms with Crippen LogP contribution in [0.25, 0.3) is 0 Å². The van der Waals surface area contributed by atoms with Crippen molar-refractivity contribution in [3.8, 4) is 5.75 Å². The van der Waals surface area contributed by atoms with Crippen LogP contribution in [-0.2, 0) is 14.8 Å². The molecule has 2 aromatic rings. The largest absolute Gasteiger partial charge is 0.484 e. The van der Waals surface area contributed by atoms with Crippen molar-refractivity contribution in [2.45, 2.75) is 31.7 Å². The normalized spacial score (nSPS) is 12.6. The number of rotatable bonds is 9. The highest BCUT2D eigenvalue weighted by atomic mass is 32.2. The molecule has 0 saturated heterocycles. The van der Waals surface area contributed by atoms with Gasteiger partial charge < -0.3 is 10.1 Å². The van der Waals surface area contributed by atoms with Gasteiger partial charge in [0.1, 0.15) is 11.6 Å². The lowest BCUT2D eigenvalue weighted by Crippen LogP contribution is -2.31. The third-order valence-electron chi connectivity index (χ3n) is 3.93. The van der Waals surface area contributed by atoms with Gasteiger partial charge in [0.15, 0.2) is 6.61 Å². The van der Waals surface area contributed by atoms with E-state index in [0.29, 0.717) is 12.3 Å². The molecule has 1 atom stereocenters. The molecule has 0 aliphatic rings. The summed E-state index contributed by atoms with van der Waals surface area (Å²) in [7, 11) is -3.56. The van der Waals surface area contributed by atoms with Crippen molar-refractivity contribution in [1.82, 2.24) is 10.0 Å². The first-order valence-corrected chi connectivity index (χ1v) is 10.4. The average molecular weight is 408 g/mol. The first-order chi connectivity index (χ1) is 13.2. The summed E-state index contributed by atoms with van der Waals surface area (Å²) in [6.07, 6.45) is 0. The molecule has 0 aromatic heterocycles. The van der Waals surface area contributed by atoms with Gasteiger partial charge in [-0.15, -0.1) is 0 Å². The highest BCUT2D eigenvalue weighted by molar-refractivity contribution is 7.89. The Hall–Kier alpha value is -2.45. The molecule has 2 N–H and O–H groups in total. The molecule has 2 rings (SSSR count). The number of carbonyl (C=O) groups excluding carboxylic acids is 1. The number of amides is 1. The number of sulfonamides is 1. The Bertz CT molecular complexity index is 881. The predicted molar refractivity (Wildman–Crippen MR) is 105 cm³/mol. The van der Waals surface area contributed by atoms with E-state index in [1.54, 1.807) is 19.1 Å². The molecule has 0 bridgehead atoms. The van der Waals surface area contributed by atoms with Crippen molar-refractivity contribution in [3.05, 3.63) is 59.9 Å². The highest BCUT2D eigenvalue weighted by Gasteiger charge is 2.15. The second-order valence-electron chi connectivity index (χ2n) is 6.85. The Morgan fingerprint density at radius 2 is 1.64 bits per heavy atom. The SMILES string of the molecule is CC(C)CNS(=O)(=O)c1ccc(OCC(=O)N[C@H](C)c2ccc(F)cc2)cc1. The van der Waals surface area contributed by atoms with Gasteiger partial charge in [0, 0.05) is 6.54 Å². The molecular formula is C20H25FN2O4S. The summed E-state index contributed by atoms with van der Waals surface area (Å²) in [5.74, 6) is -0.0943. The number of nitrogens with one attached hydrogen (secondary N) is 2. The first-order valence-electron chi connectivity index (χ1n) is 8.94. The number of ether oxygens (including phenoxy) is 1. The summed E-state index contributed by atoms with van der Waals surface area (Å²) < 4.78 is 45.2. The van der Waals surface area contributed by atoms with E-state index in [-0.39, 0.29) is 35.2 Å². The van der Waals surface area contributed by atoms with Crippen LogP contribution in [0.4, 0.5) is 4.39 Å². The van der Waals surface area contributed by atoms with E-state index in [1.165, 1.54) is 36.4 Å². The van der Waals surface area contributed by atoms with Crippen molar-refractivity contribution in [2.24, 2.45) is 5.92 Å². The van der Waals surface area contributed by atoms with E-state index in [1.807, 2.05) is 13.8 Å². The Morgan fingerprint density at radius 3 is 2.21 bits per heavy atom. The monoisotopic (exact) mass is 408 g/mol. The maximum atomic E-state index is 13.0. The van der Waals surface area contributed by atoms with E-state index >= 15 is 0 Å². The Kier molecular flexibility index (Phi) is 7.53. The van der Waals surface area contributed by atoms with Crippen LogP contribution >= 0.6 is 0 Å². The van der Waals surface area contributed by atoms with Gasteiger partial charge in [0.05, 0.1) is 10.9 Å². The van der Waals surface area contributed by atoms with Crippen molar-refractivity contribution in [2.75, 3.05) is 13.2 Å². The van der Waals surface area contributed by atoms with Crippen LogP contribution in [0.5, 0.6) is 5.75 Å². The van der Waals surface area contributed by atoms with Gasteiger partial charge >= 0.3 is 0 Å². The van der Waals surface area contributed by atoms with Crippen LogP contribution in [0, 0.1) is 11.7 Å². The quantitative estimate of drug-likeness (QED) is 0.668. The fraction of sp³-hybridized carbons (Fsp3) is 0.350. The summed E-state index contributed by atoms with van der Waals surface area (Å²) in [6.45, 7) is 5.76. The van der Waals surface area contributed by atoms with Gasteiger partial charge in [-0.25, -0.2) is 17.5 Å². The molecule has 1 amide bonds. The molecule has 152 valence electrons. The van der Waals surface area contributed by atoms with Crippen LogP contribution < -0.4 is 14.8 Å². The molecule has 8 heteroatoms. The van der Waals surface area contributed by atoms with Gasteiger partial charge in [0.2, 0.25) is 10.0 Å². The van der Waals surface area contributed by atoms with E-state index in [4.69, 9.17) is 4.74 Å². The first kappa shape index (κ1) is 21.8. The van der Waals surface area contributed by atoms with Gasteiger partial charge in [0.25, 0.3) is 5.91 Å². The van der Waals surface area contributed by atoms with Crippen molar-refractivity contribution in [1.29, 1.82) is 0 Å². The summed E-state index contributed by atoms with van der Waals surface area (Å²) in [4.78, 5) is 12.2. The maximum Gasteiger partial charge on any atom is 0.258 e. The van der Waals surface area contributed by atoms with Gasteiger partial charge in [-0.05, 0) is 54.8 Å². The summed E-state index contributed by atoms with van der Waals surface area (Å²) in [5, 5.41) is 2.76. The van der Waals surface area contributed by atoms with E-state index in [9.17, 15) is 17.6 Å². The summed E-state index contributed by atoms with van der Waals surface area (Å²) in [6, 6.07) is 11.4. The van der Waals surface area contributed by atoms with Crippen molar-refractivity contribution in [3.63, 3.8) is 0 Å². The zero-order chi connectivity index (χ0) is 20.7. The highest BCUT2D eigenvalue weighted by Crippen LogP contribution is 2.16. The molecule has 0 fully saturated rings. The molecule has 6 nitrogen and oxygen atoms in total.